The Labute approximate surface area is 74.7 Å². The summed E-state index contributed by atoms with van der Waals surface area (Å²) >= 11 is 0. The van der Waals surface area contributed by atoms with Gasteiger partial charge in [-0.25, -0.2) is 0 Å². The van der Waals surface area contributed by atoms with Crippen LogP contribution in [-0.2, 0) is 14.3 Å². The average molecular weight is 192 g/mol. The van der Waals surface area contributed by atoms with Gasteiger partial charge in [-0.15, -0.1) is 0 Å². The van der Waals surface area contributed by atoms with Gasteiger partial charge < -0.3 is 20.1 Å². The number of carbonyl (C=O) groups is 2. The van der Waals surface area contributed by atoms with Gasteiger partial charge in [0.05, 0.1) is 6.61 Å². The second kappa shape index (κ2) is 5.63. The summed E-state index contributed by atoms with van der Waals surface area (Å²) in [5.41, 5.74) is 0. The highest BCUT2D eigenvalue weighted by molar-refractivity contribution is 5.70. The van der Waals surface area contributed by atoms with E-state index in [-0.39, 0.29) is 6.29 Å². The van der Waals surface area contributed by atoms with Crippen LogP contribution in [0.1, 0.15) is 6.92 Å². The van der Waals surface area contributed by atoms with E-state index in [0.717, 1.165) is 6.92 Å². The van der Waals surface area contributed by atoms with Crippen LogP contribution in [-0.4, -0.2) is 52.5 Å². The Hall–Kier alpha value is -0.980. The third kappa shape index (κ3) is 3.97. The molecule has 0 saturated carbocycles. The Morgan fingerprint density at radius 3 is 2.38 bits per heavy atom. The van der Waals surface area contributed by atoms with E-state index in [1.165, 1.54) is 0 Å². The van der Waals surface area contributed by atoms with E-state index in [0.29, 0.717) is 0 Å². The normalized spacial score (nSPS) is 17.2. The summed E-state index contributed by atoms with van der Waals surface area (Å²) in [6.07, 6.45) is -4.37. The number of ether oxygens (including phenoxy) is 1. The van der Waals surface area contributed by atoms with Gasteiger partial charge in [0, 0.05) is 6.92 Å². The van der Waals surface area contributed by atoms with E-state index in [1.807, 2.05) is 0 Å². The molecule has 6 heteroatoms. The molecule has 6 nitrogen and oxygen atoms in total. The Morgan fingerprint density at radius 1 is 1.54 bits per heavy atom. The maximum Gasteiger partial charge on any atom is 0.303 e. The molecule has 0 aliphatic rings. The quantitative estimate of drug-likeness (QED) is 0.338. The highest BCUT2D eigenvalue weighted by Crippen LogP contribution is 2.02. The minimum Gasteiger partial charge on any atom is -0.452 e. The molecule has 0 aromatic carbocycles. The monoisotopic (exact) mass is 192 g/mol. The largest absolute Gasteiger partial charge is 0.452 e. The van der Waals surface area contributed by atoms with Crippen molar-refractivity contribution in [1.29, 1.82) is 0 Å². The maximum absolute atomic E-state index is 10.4. The number of aliphatic hydroxyl groups excluding tert-OH is 3. The third-order valence-corrected chi connectivity index (χ3v) is 1.35. The zero-order chi connectivity index (χ0) is 10.4. The molecular formula is C7H12O6. The minimum absolute atomic E-state index is 0.185. The number of hydrogen-bond acceptors (Lipinski definition) is 6. The predicted octanol–water partition coefficient (Wildman–Crippen LogP) is -2.17. The van der Waals surface area contributed by atoms with Crippen LogP contribution in [0, 0.1) is 0 Å². The number of rotatable bonds is 5. The molecule has 0 amide bonds. The standard InChI is InChI=1S/C7H12O6/c1-4(10)13-6(3-9)7(12)5(11)2-8/h3,5-8,11-12H,2H2,1H3/t5-,6+,7-/m0/s1. The molecule has 3 atom stereocenters. The summed E-state index contributed by atoms with van der Waals surface area (Å²) in [6.45, 7) is 0.349. The first-order valence-corrected chi connectivity index (χ1v) is 3.62. The second-order valence-corrected chi connectivity index (χ2v) is 2.45. The molecule has 0 aliphatic carbocycles. The smallest absolute Gasteiger partial charge is 0.303 e. The van der Waals surface area contributed by atoms with Crippen molar-refractivity contribution in [2.24, 2.45) is 0 Å². The number of esters is 1. The topological polar surface area (TPSA) is 104 Å². The fraction of sp³-hybridized carbons (Fsp3) is 0.714. The SMILES string of the molecule is CC(=O)O[C@H](C=O)[C@@H](O)[C@@H](O)CO. The van der Waals surface area contributed by atoms with Crippen LogP contribution in [0.15, 0.2) is 0 Å². The highest BCUT2D eigenvalue weighted by atomic mass is 16.6. The molecule has 0 radical (unpaired) electrons. The molecule has 0 bridgehead atoms. The average Bonchev–Trinajstić information content (AvgIpc) is 2.11. The summed E-state index contributed by atoms with van der Waals surface area (Å²) < 4.78 is 4.36. The van der Waals surface area contributed by atoms with Gasteiger partial charge in [-0.1, -0.05) is 0 Å². The van der Waals surface area contributed by atoms with Crippen molar-refractivity contribution >= 4 is 12.3 Å². The molecule has 76 valence electrons. The van der Waals surface area contributed by atoms with Crippen LogP contribution in [0.3, 0.4) is 0 Å². The van der Waals surface area contributed by atoms with E-state index >= 15 is 0 Å². The number of aliphatic hydroxyl groups is 3. The molecule has 0 aromatic heterocycles. The molecule has 0 aromatic rings. The molecule has 0 unspecified atom stereocenters. The molecule has 13 heavy (non-hydrogen) atoms. The van der Waals surface area contributed by atoms with Crippen LogP contribution in [0.5, 0.6) is 0 Å². The number of aldehydes is 1. The van der Waals surface area contributed by atoms with Gasteiger partial charge in [-0.05, 0) is 0 Å². The Kier molecular flexibility index (Phi) is 5.20. The first-order chi connectivity index (χ1) is 6.02. The van der Waals surface area contributed by atoms with Crippen LogP contribution in [0.4, 0.5) is 0 Å². The van der Waals surface area contributed by atoms with Crippen molar-refractivity contribution in [2.75, 3.05) is 6.61 Å². The van der Waals surface area contributed by atoms with Crippen LogP contribution in [0.25, 0.3) is 0 Å². The van der Waals surface area contributed by atoms with Gasteiger partial charge in [0.2, 0.25) is 0 Å². The predicted molar refractivity (Wildman–Crippen MR) is 40.7 cm³/mol. The zero-order valence-corrected chi connectivity index (χ0v) is 7.08. The number of hydrogen-bond donors (Lipinski definition) is 3. The van der Waals surface area contributed by atoms with Gasteiger partial charge in [-0.3, -0.25) is 9.59 Å². The van der Waals surface area contributed by atoms with Crippen molar-refractivity contribution in [1.82, 2.24) is 0 Å². The Bertz CT molecular complexity index is 180. The van der Waals surface area contributed by atoms with Gasteiger partial charge >= 0.3 is 5.97 Å². The summed E-state index contributed by atoms with van der Waals surface area (Å²) in [6, 6.07) is 0. The lowest BCUT2D eigenvalue weighted by Crippen LogP contribution is -2.42. The first kappa shape index (κ1) is 12.0. The summed E-state index contributed by atoms with van der Waals surface area (Å²) in [4.78, 5) is 20.7. The molecule has 0 heterocycles. The molecule has 0 rings (SSSR count). The van der Waals surface area contributed by atoms with Gasteiger partial charge in [0.1, 0.15) is 12.2 Å². The first-order valence-electron chi connectivity index (χ1n) is 3.62. The van der Waals surface area contributed by atoms with Gasteiger partial charge in [-0.2, -0.15) is 0 Å². The summed E-state index contributed by atoms with van der Waals surface area (Å²) in [5.74, 6) is -0.749. The summed E-state index contributed by atoms with van der Waals surface area (Å²) in [5, 5.41) is 26.4. The molecule has 3 N–H and O–H groups in total. The van der Waals surface area contributed by atoms with Crippen molar-refractivity contribution in [3.8, 4) is 0 Å². The lowest BCUT2D eigenvalue weighted by Gasteiger charge is -2.20. The van der Waals surface area contributed by atoms with Crippen LogP contribution in [0.2, 0.25) is 0 Å². The minimum atomic E-state index is -1.61. The second-order valence-electron chi connectivity index (χ2n) is 2.45. The fourth-order valence-electron chi connectivity index (χ4n) is 0.697. The lowest BCUT2D eigenvalue weighted by atomic mass is 10.1. The van der Waals surface area contributed by atoms with Crippen LogP contribution < -0.4 is 0 Å². The molecular weight excluding hydrogens is 180 g/mol. The van der Waals surface area contributed by atoms with Crippen molar-refractivity contribution < 1.29 is 29.6 Å². The number of carbonyl (C=O) groups excluding carboxylic acids is 2. The van der Waals surface area contributed by atoms with Crippen LogP contribution >= 0.6 is 0 Å². The molecule has 0 spiro atoms. The van der Waals surface area contributed by atoms with E-state index < -0.39 is 30.9 Å². The van der Waals surface area contributed by atoms with Crippen molar-refractivity contribution in [3.05, 3.63) is 0 Å². The molecule has 0 aliphatic heterocycles. The van der Waals surface area contributed by atoms with Gasteiger partial charge in [0.15, 0.2) is 12.4 Å². The third-order valence-electron chi connectivity index (χ3n) is 1.35. The van der Waals surface area contributed by atoms with Crippen molar-refractivity contribution in [2.45, 2.75) is 25.2 Å². The Balaban J connectivity index is 4.21. The Morgan fingerprint density at radius 2 is 2.08 bits per heavy atom. The maximum atomic E-state index is 10.4. The highest BCUT2D eigenvalue weighted by Gasteiger charge is 2.27. The van der Waals surface area contributed by atoms with Crippen molar-refractivity contribution in [3.63, 3.8) is 0 Å². The van der Waals surface area contributed by atoms with E-state index in [2.05, 4.69) is 4.74 Å². The molecule has 0 saturated heterocycles. The van der Waals surface area contributed by atoms with Gasteiger partial charge in [0.25, 0.3) is 0 Å². The fourth-order valence-corrected chi connectivity index (χ4v) is 0.697. The zero-order valence-electron chi connectivity index (χ0n) is 7.08. The van der Waals surface area contributed by atoms with E-state index in [4.69, 9.17) is 15.3 Å². The lowest BCUT2D eigenvalue weighted by molar-refractivity contribution is -0.161. The van der Waals surface area contributed by atoms with E-state index in [1.54, 1.807) is 0 Å². The summed E-state index contributed by atoms with van der Waals surface area (Å²) in [7, 11) is 0. The van der Waals surface area contributed by atoms with E-state index in [9.17, 15) is 9.59 Å². The molecule has 0 fully saturated rings.